The van der Waals surface area contributed by atoms with Crippen LogP contribution in [-0.2, 0) is 22.7 Å². The predicted molar refractivity (Wildman–Crippen MR) is 131 cm³/mol. The number of carboxylic acids is 1. The molecule has 0 radical (unpaired) electrons. The Morgan fingerprint density at radius 2 is 1.88 bits per heavy atom. The number of thiophene rings is 1. The second-order valence-electron chi connectivity index (χ2n) is 7.47. The van der Waals surface area contributed by atoms with Gasteiger partial charge in [-0.2, -0.15) is 23.1 Å². The first kappa shape index (κ1) is 24.0. The zero-order chi connectivity index (χ0) is 22.9. The van der Waals surface area contributed by atoms with Gasteiger partial charge in [0.1, 0.15) is 6.04 Å². The Labute approximate surface area is 196 Å². The van der Waals surface area contributed by atoms with E-state index in [1.165, 1.54) is 0 Å². The highest BCUT2D eigenvalue weighted by Gasteiger charge is 2.22. The molecule has 1 aromatic heterocycles. The van der Waals surface area contributed by atoms with Gasteiger partial charge in [-0.1, -0.05) is 30.3 Å². The predicted octanol–water partition coefficient (Wildman–Crippen LogP) is 5.38. The number of aryl methyl sites for hydroxylation is 1. The zero-order valence-corrected chi connectivity index (χ0v) is 19.8. The van der Waals surface area contributed by atoms with Crippen molar-refractivity contribution in [2.75, 3.05) is 12.0 Å². The van der Waals surface area contributed by atoms with Gasteiger partial charge in [0.15, 0.2) is 0 Å². The van der Waals surface area contributed by atoms with Gasteiger partial charge in [-0.3, -0.25) is 4.79 Å². The molecule has 1 atom stereocenters. The van der Waals surface area contributed by atoms with Gasteiger partial charge in [0.25, 0.3) is 5.91 Å². The minimum atomic E-state index is -1.02. The van der Waals surface area contributed by atoms with E-state index >= 15 is 0 Å². The summed E-state index contributed by atoms with van der Waals surface area (Å²) in [5, 5.41) is 16.3. The lowest BCUT2D eigenvalue weighted by Crippen LogP contribution is -2.41. The van der Waals surface area contributed by atoms with E-state index in [9.17, 15) is 14.7 Å². The summed E-state index contributed by atoms with van der Waals surface area (Å²) in [4.78, 5) is 24.7. The smallest absolute Gasteiger partial charge is 0.326 e. The molecule has 3 rings (SSSR count). The first-order valence-electron chi connectivity index (χ1n) is 10.3. The van der Waals surface area contributed by atoms with Gasteiger partial charge in [-0.05, 0) is 82.1 Å². The maximum absolute atomic E-state index is 13.1. The number of amides is 1. The average molecular weight is 470 g/mol. The van der Waals surface area contributed by atoms with Crippen LogP contribution in [0.5, 0.6) is 0 Å². The van der Waals surface area contributed by atoms with E-state index in [0.717, 1.165) is 27.8 Å². The molecule has 0 aliphatic heterocycles. The van der Waals surface area contributed by atoms with E-state index in [4.69, 9.17) is 4.74 Å². The molecule has 1 amide bonds. The number of nitrogens with one attached hydrogen (secondary N) is 1. The highest BCUT2D eigenvalue weighted by molar-refractivity contribution is 7.98. The van der Waals surface area contributed by atoms with Crippen molar-refractivity contribution in [1.82, 2.24) is 5.32 Å². The van der Waals surface area contributed by atoms with Crippen molar-refractivity contribution < 1.29 is 19.4 Å². The van der Waals surface area contributed by atoms with Crippen LogP contribution in [0.25, 0.3) is 11.1 Å². The summed E-state index contributed by atoms with van der Waals surface area (Å²) in [7, 11) is 0. The Kier molecular flexibility index (Phi) is 8.90. The number of rotatable bonds is 11. The van der Waals surface area contributed by atoms with E-state index in [2.05, 4.69) is 10.7 Å². The quantitative estimate of drug-likeness (QED) is 0.395. The number of benzene rings is 2. The average Bonchev–Trinajstić information content (AvgIpc) is 3.30. The summed E-state index contributed by atoms with van der Waals surface area (Å²) < 4.78 is 5.85. The standard InChI is InChI=1S/C25H27NO4S2/c1-17-5-3-4-6-20(17)22-13-18(14-30-15-19-9-12-32-16-19)7-8-21(22)24(27)26-23(25(28)29)10-11-31-2/h3-9,12-13,16,23H,10-11,14-15H2,1-2H3,(H,26,27)(H,28,29)/t23-/m0/s1. The second kappa shape index (κ2) is 11.9. The third-order valence-electron chi connectivity index (χ3n) is 5.10. The number of carbonyl (C=O) groups excluding carboxylic acids is 1. The van der Waals surface area contributed by atoms with Crippen molar-refractivity contribution in [2.24, 2.45) is 0 Å². The molecular formula is C25H27NO4S2. The second-order valence-corrected chi connectivity index (χ2v) is 9.23. The van der Waals surface area contributed by atoms with Crippen LogP contribution in [0, 0.1) is 6.92 Å². The summed E-state index contributed by atoms with van der Waals surface area (Å²) in [6.45, 7) is 2.94. The Hall–Kier alpha value is -2.61. The maximum atomic E-state index is 13.1. The van der Waals surface area contributed by atoms with Gasteiger partial charge in [0.2, 0.25) is 0 Å². The summed E-state index contributed by atoms with van der Waals surface area (Å²) in [5.74, 6) is -0.756. The highest BCUT2D eigenvalue weighted by atomic mass is 32.2. The van der Waals surface area contributed by atoms with Crippen molar-refractivity contribution in [3.63, 3.8) is 0 Å². The van der Waals surface area contributed by atoms with Crippen LogP contribution in [0.4, 0.5) is 0 Å². The first-order valence-corrected chi connectivity index (χ1v) is 12.6. The van der Waals surface area contributed by atoms with E-state index in [0.29, 0.717) is 31.0 Å². The molecule has 0 aliphatic carbocycles. The number of hydrogen-bond donors (Lipinski definition) is 2. The third-order valence-corrected chi connectivity index (χ3v) is 6.47. The van der Waals surface area contributed by atoms with E-state index in [-0.39, 0.29) is 5.91 Å². The number of thioether (sulfide) groups is 1. The van der Waals surface area contributed by atoms with Crippen molar-refractivity contribution in [3.8, 4) is 11.1 Å². The Bertz CT molecular complexity index is 1050. The van der Waals surface area contributed by atoms with Crippen molar-refractivity contribution in [2.45, 2.75) is 32.6 Å². The SMILES string of the molecule is CSCC[C@H](NC(=O)c1ccc(COCc2ccsc2)cc1-c1ccccc1C)C(=O)O. The van der Waals surface area contributed by atoms with E-state index in [1.807, 2.05) is 61.0 Å². The van der Waals surface area contributed by atoms with Crippen LogP contribution in [0.1, 0.15) is 33.5 Å². The molecular weight excluding hydrogens is 442 g/mol. The number of aliphatic carboxylic acids is 1. The normalized spacial score (nSPS) is 11.8. The Morgan fingerprint density at radius 1 is 1.09 bits per heavy atom. The molecule has 2 aromatic carbocycles. The molecule has 0 spiro atoms. The summed E-state index contributed by atoms with van der Waals surface area (Å²) >= 11 is 3.19. The number of carboxylic acid groups (broad SMARTS) is 1. The lowest BCUT2D eigenvalue weighted by atomic mass is 9.93. The molecule has 3 aromatic rings. The van der Waals surface area contributed by atoms with Crippen LogP contribution >= 0.6 is 23.1 Å². The fraction of sp³-hybridized carbons (Fsp3) is 0.280. The summed E-state index contributed by atoms with van der Waals surface area (Å²) in [5.41, 5.74) is 5.29. The lowest BCUT2D eigenvalue weighted by Gasteiger charge is -2.17. The van der Waals surface area contributed by atoms with Gasteiger partial charge in [0.05, 0.1) is 13.2 Å². The molecule has 0 saturated carbocycles. The van der Waals surface area contributed by atoms with Crippen molar-refractivity contribution >= 4 is 35.0 Å². The first-order chi connectivity index (χ1) is 15.5. The fourth-order valence-corrected chi connectivity index (χ4v) is 4.49. The van der Waals surface area contributed by atoms with Crippen LogP contribution in [0.15, 0.2) is 59.3 Å². The third kappa shape index (κ3) is 6.45. The highest BCUT2D eigenvalue weighted by Crippen LogP contribution is 2.29. The summed E-state index contributed by atoms with van der Waals surface area (Å²) in [6, 6.07) is 14.5. The monoisotopic (exact) mass is 469 g/mol. The molecule has 2 N–H and O–H groups in total. The molecule has 168 valence electrons. The zero-order valence-electron chi connectivity index (χ0n) is 18.2. The van der Waals surface area contributed by atoms with Gasteiger partial charge in [0, 0.05) is 5.56 Å². The number of ether oxygens (including phenoxy) is 1. The molecule has 32 heavy (non-hydrogen) atoms. The molecule has 5 nitrogen and oxygen atoms in total. The van der Waals surface area contributed by atoms with E-state index in [1.54, 1.807) is 29.2 Å². The van der Waals surface area contributed by atoms with Crippen LogP contribution in [0.2, 0.25) is 0 Å². The maximum Gasteiger partial charge on any atom is 0.326 e. The Balaban J connectivity index is 1.86. The lowest BCUT2D eigenvalue weighted by molar-refractivity contribution is -0.139. The topological polar surface area (TPSA) is 75.6 Å². The molecule has 0 saturated heterocycles. The van der Waals surface area contributed by atoms with Crippen LogP contribution in [0.3, 0.4) is 0 Å². The number of carbonyl (C=O) groups is 2. The number of hydrogen-bond acceptors (Lipinski definition) is 5. The molecule has 0 unspecified atom stereocenters. The van der Waals surface area contributed by atoms with Crippen molar-refractivity contribution in [3.05, 3.63) is 81.5 Å². The van der Waals surface area contributed by atoms with Gasteiger partial charge in [-0.25, -0.2) is 4.79 Å². The molecule has 0 aliphatic rings. The van der Waals surface area contributed by atoms with Gasteiger partial charge < -0.3 is 15.2 Å². The van der Waals surface area contributed by atoms with E-state index < -0.39 is 12.0 Å². The molecule has 7 heteroatoms. The molecule has 0 bridgehead atoms. The van der Waals surface area contributed by atoms with Crippen LogP contribution < -0.4 is 5.32 Å². The fourth-order valence-electron chi connectivity index (χ4n) is 3.37. The molecule has 0 fully saturated rings. The largest absolute Gasteiger partial charge is 0.480 e. The Morgan fingerprint density at radius 3 is 2.56 bits per heavy atom. The van der Waals surface area contributed by atoms with Crippen LogP contribution in [-0.4, -0.2) is 35.0 Å². The molecule has 1 heterocycles. The minimum Gasteiger partial charge on any atom is -0.480 e. The minimum absolute atomic E-state index is 0.371. The van der Waals surface area contributed by atoms with Gasteiger partial charge >= 0.3 is 5.97 Å². The van der Waals surface area contributed by atoms with Gasteiger partial charge in [-0.15, -0.1) is 0 Å². The van der Waals surface area contributed by atoms with Crippen molar-refractivity contribution in [1.29, 1.82) is 0 Å². The summed E-state index contributed by atoms with van der Waals surface area (Å²) in [6.07, 6.45) is 2.28.